The van der Waals surface area contributed by atoms with Gasteiger partial charge in [-0.3, -0.25) is 4.79 Å². The molecule has 8 heteroatoms. The van der Waals surface area contributed by atoms with Gasteiger partial charge in [0.05, 0.1) is 17.2 Å². The van der Waals surface area contributed by atoms with Gasteiger partial charge in [-0.1, -0.05) is 30.3 Å². The van der Waals surface area contributed by atoms with Crippen LogP contribution in [0.2, 0.25) is 0 Å². The molecule has 0 spiro atoms. The van der Waals surface area contributed by atoms with E-state index in [1.807, 2.05) is 30.3 Å². The van der Waals surface area contributed by atoms with Crippen LogP contribution in [0.1, 0.15) is 5.56 Å². The molecule has 0 aliphatic rings. The summed E-state index contributed by atoms with van der Waals surface area (Å²) in [4.78, 5) is 12.1. The van der Waals surface area contributed by atoms with Crippen molar-refractivity contribution in [3.63, 3.8) is 0 Å². The number of hydrogen-bond donors (Lipinski definition) is 4. The number of nitrogens with one attached hydrogen (secondary N) is 2. The third-order valence-corrected chi connectivity index (χ3v) is 6.10. The molecule has 4 aromatic carbocycles. The number of phenols is 2. The van der Waals surface area contributed by atoms with Crippen LogP contribution in [0.3, 0.4) is 0 Å². The maximum Gasteiger partial charge on any atom is 0.259 e. The number of hydrogen-bond acceptors (Lipinski definition) is 5. The average Bonchev–Trinajstić information content (AvgIpc) is 2.78. The summed E-state index contributed by atoms with van der Waals surface area (Å²) in [5.74, 6) is -0.641. The SMILES string of the molecule is O=C(CNc1ccc2cc3ccccc3cc2c1)N/N=C/c1cc(Br)c(O)c(Br)c1O. The lowest BCUT2D eigenvalue weighted by atomic mass is 10.0. The minimum atomic E-state index is -0.341. The van der Waals surface area contributed by atoms with Crippen molar-refractivity contribution in [1.82, 2.24) is 5.43 Å². The van der Waals surface area contributed by atoms with Gasteiger partial charge in [-0.2, -0.15) is 5.10 Å². The first kappa shape index (κ1) is 21.1. The highest BCUT2D eigenvalue weighted by molar-refractivity contribution is 9.11. The molecule has 0 heterocycles. The van der Waals surface area contributed by atoms with E-state index < -0.39 is 0 Å². The highest BCUT2D eigenvalue weighted by Crippen LogP contribution is 2.40. The monoisotopic (exact) mass is 541 g/mol. The van der Waals surface area contributed by atoms with Crippen molar-refractivity contribution in [2.75, 3.05) is 11.9 Å². The van der Waals surface area contributed by atoms with Crippen LogP contribution in [0.4, 0.5) is 5.69 Å². The molecule has 0 aliphatic heterocycles. The number of benzene rings is 4. The third kappa shape index (κ3) is 4.65. The molecule has 0 aliphatic carbocycles. The average molecular weight is 543 g/mol. The largest absolute Gasteiger partial charge is 0.506 e. The number of nitrogens with zero attached hydrogens (tertiary/aromatic N) is 1. The van der Waals surface area contributed by atoms with Gasteiger partial charge in [0.25, 0.3) is 5.91 Å². The van der Waals surface area contributed by atoms with Crippen molar-refractivity contribution >= 4 is 71.2 Å². The van der Waals surface area contributed by atoms with Crippen LogP contribution in [-0.4, -0.2) is 28.9 Å². The number of carbonyl (C=O) groups excluding carboxylic acids is 1. The molecule has 31 heavy (non-hydrogen) atoms. The lowest BCUT2D eigenvalue weighted by molar-refractivity contribution is -0.119. The molecule has 0 radical (unpaired) electrons. The number of aromatic hydroxyl groups is 2. The molecule has 0 bridgehead atoms. The Hall–Kier alpha value is -3.10. The van der Waals surface area contributed by atoms with Crippen LogP contribution in [0.15, 0.2) is 74.7 Å². The van der Waals surface area contributed by atoms with Gasteiger partial charge in [0.2, 0.25) is 0 Å². The Kier molecular flexibility index (Phi) is 6.11. The number of fused-ring (bicyclic) bond motifs is 2. The minimum Gasteiger partial charge on any atom is -0.506 e. The van der Waals surface area contributed by atoms with Gasteiger partial charge in [-0.05, 0) is 83.7 Å². The Morgan fingerprint density at radius 3 is 2.32 bits per heavy atom. The number of phenolic OH excluding ortho intramolecular Hbond substituents is 2. The van der Waals surface area contributed by atoms with E-state index in [2.05, 4.69) is 72.0 Å². The molecule has 0 saturated heterocycles. The maximum atomic E-state index is 12.1. The van der Waals surface area contributed by atoms with Gasteiger partial charge in [-0.25, -0.2) is 5.43 Å². The molecule has 0 unspecified atom stereocenters. The molecular formula is C23H17Br2N3O3. The number of amides is 1. The molecule has 0 saturated carbocycles. The van der Waals surface area contributed by atoms with Crippen LogP contribution < -0.4 is 10.7 Å². The van der Waals surface area contributed by atoms with Crippen LogP contribution >= 0.6 is 31.9 Å². The zero-order valence-corrected chi connectivity index (χ0v) is 19.2. The summed E-state index contributed by atoms with van der Waals surface area (Å²) in [5, 5.41) is 31.3. The van der Waals surface area contributed by atoms with E-state index in [0.29, 0.717) is 10.0 Å². The van der Waals surface area contributed by atoms with Crippen molar-refractivity contribution < 1.29 is 15.0 Å². The second-order valence-electron chi connectivity index (χ2n) is 6.87. The molecular weight excluding hydrogens is 526 g/mol. The summed E-state index contributed by atoms with van der Waals surface area (Å²) in [5.41, 5.74) is 3.56. The fraction of sp³-hybridized carbons (Fsp3) is 0.0435. The molecule has 4 rings (SSSR count). The molecule has 0 atom stereocenters. The summed E-state index contributed by atoms with van der Waals surface area (Å²) >= 11 is 6.28. The summed E-state index contributed by atoms with van der Waals surface area (Å²) in [6.45, 7) is 0.0331. The Morgan fingerprint density at radius 2 is 1.58 bits per heavy atom. The van der Waals surface area contributed by atoms with E-state index in [1.165, 1.54) is 17.7 Å². The topological polar surface area (TPSA) is 94.0 Å². The van der Waals surface area contributed by atoms with Gasteiger partial charge in [0, 0.05) is 11.3 Å². The number of anilines is 1. The lowest BCUT2D eigenvalue weighted by Gasteiger charge is -2.08. The van der Waals surface area contributed by atoms with Crippen molar-refractivity contribution in [3.8, 4) is 11.5 Å². The van der Waals surface area contributed by atoms with Gasteiger partial charge in [0.15, 0.2) is 0 Å². The predicted octanol–water partition coefficient (Wildman–Crippen LogP) is 5.49. The molecule has 0 fully saturated rings. The van der Waals surface area contributed by atoms with E-state index in [-0.39, 0.29) is 28.4 Å². The van der Waals surface area contributed by atoms with Crippen molar-refractivity contribution in [3.05, 3.63) is 75.2 Å². The molecule has 4 N–H and O–H groups in total. The van der Waals surface area contributed by atoms with Gasteiger partial charge >= 0.3 is 0 Å². The smallest absolute Gasteiger partial charge is 0.259 e. The van der Waals surface area contributed by atoms with Gasteiger partial charge < -0.3 is 15.5 Å². The van der Waals surface area contributed by atoms with E-state index in [9.17, 15) is 15.0 Å². The normalized spacial score (nSPS) is 11.3. The molecule has 1 amide bonds. The highest BCUT2D eigenvalue weighted by atomic mass is 79.9. The molecule has 156 valence electrons. The first-order valence-electron chi connectivity index (χ1n) is 9.30. The minimum absolute atomic E-state index is 0.0331. The Balaban J connectivity index is 1.40. The number of rotatable bonds is 5. The van der Waals surface area contributed by atoms with Crippen LogP contribution in [-0.2, 0) is 4.79 Å². The van der Waals surface area contributed by atoms with Crippen LogP contribution in [0.5, 0.6) is 11.5 Å². The van der Waals surface area contributed by atoms with Gasteiger partial charge in [0.1, 0.15) is 16.0 Å². The first-order valence-corrected chi connectivity index (χ1v) is 10.9. The lowest BCUT2D eigenvalue weighted by Crippen LogP contribution is -2.25. The zero-order valence-electron chi connectivity index (χ0n) is 16.1. The van der Waals surface area contributed by atoms with E-state index in [0.717, 1.165) is 21.8 Å². The summed E-state index contributed by atoms with van der Waals surface area (Å²) in [7, 11) is 0. The number of carbonyl (C=O) groups is 1. The summed E-state index contributed by atoms with van der Waals surface area (Å²) < 4.78 is 0.524. The first-order chi connectivity index (χ1) is 14.9. The standard InChI is InChI=1S/C23H17Br2N3O3/c24-19-10-17(22(30)21(25)23(19)31)11-27-28-20(29)12-26-18-6-5-15-7-13-3-1-2-4-14(13)8-16(15)9-18/h1-11,26,30-31H,12H2,(H,28,29)/b27-11+. The fourth-order valence-electron chi connectivity index (χ4n) is 3.16. The predicted molar refractivity (Wildman–Crippen MR) is 131 cm³/mol. The molecule has 6 nitrogen and oxygen atoms in total. The Bertz CT molecular complexity index is 1340. The Labute approximate surface area is 194 Å². The van der Waals surface area contributed by atoms with Gasteiger partial charge in [-0.15, -0.1) is 0 Å². The van der Waals surface area contributed by atoms with Crippen molar-refractivity contribution in [2.45, 2.75) is 0 Å². The third-order valence-electron chi connectivity index (χ3n) is 4.75. The number of halogens is 2. The second-order valence-corrected chi connectivity index (χ2v) is 8.51. The van der Waals surface area contributed by atoms with E-state index in [1.54, 1.807) is 0 Å². The van der Waals surface area contributed by atoms with Crippen molar-refractivity contribution in [1.29, 1.82) is 0 Å². The quantitative estimate of drug-likeness (QED) is 0.152. The maximum absolute atomic E-state index is 12.1. The molecule has 4 aromatic rings. The fourth-order valence-corrected chi connectivity index (χ4v) is 4.31. The van der Waals surface area contributed by atoms with Crippen LogP contribution in [0, 0.1) is 0 Å². The molecule has 0 aromatic heterocycles. The van der Waals surface area contributed by atoms with Crippen LogP contribution in [0.25, 0.3) is 21.5 Å². The van der Waals surface area contributed by atoms with E-state index in [4.69, 9.17) is 0 Å². The van der Waals surface area contributed by atoms with Crippen molar-refractivity contribution in [2.24, 2.45) is 5.10 Å². The highest BCUT2D eigenvalue weighted by Gasteiger charge is 2.12. The summed E-state index contributed by atoms with van der Waals surface area (Å²) in [6, 6.07) is 19.9. The Morgan fingerprint density at radius 1 is 0.903 bits per heavy atom. The summed E-state index contributed by atoms with van der Waals surface area (Å²) in [6.07, 6.45) is 1.29. The second kappa shape index (κ2) is 8.95. The zero-order chi connectivity index (χ0) is 22.0. The van der Waals surface area contributed by atoms with E-state index >= 15 is 0 Å². The number of hydrazone groups is 1.